The minimum atomic E-state index is -0.897. The topological polar surface area (TPSA) is 88.0 Å². The molecule has 0 amide bonds. The number of aromatic nitrogens is 3. The predicted octanol–water partition coefficient (Wildman–Crippen LogP) is 3.58. The zero-order chi connectivity index (χ0) is 17.3. The summed E-state index contributed by atoms with van der Waals surface area (Å²) in [7, 11) is 0. The molecule has 3 aromatic heterocycles. The lowest BCUT2D eigenvalue weighted by molar-refractivity contribution is -0.138. The zero-order valence-electron chi connectivity index (χ0n) is 13.6. The second-order valence-corrected chi connectivity index (χ2v) is 7.15. The van der Waals surface area contributed by atoms with E-state index in [0.717, 1.165) is 20.7 Å². The zero-order valence-corrected chi connectivity index (χ0v) is 14.5. The fraction of sp³-hybridized carbons (Fsp3) is 0.294. The highest BCUT2D eigenvalue weighted by Gasteiger charge is 2.23. The summed E-state index contributed by atoms with van der Waals surface area (Å²) in [5.41, 5.74) is 0.796. The van der Waals surface area contributed by atoms with Crippen molar-refractivity contribution in [3.05, 3.63) is 35.5 Å². The Bertz CT molecular complexity index is 877. The van der Waals surface area contributed by atoms with E-state index in [0.29, 0.717) is 11.6 Å². The first-order valence-corrected chi connectivity index (χ1v) is 8.45. The van der Waals surface area contributed by atoms with Gasteiger partial charge in [0.2, 0.25) is 0 Å². The highest BCUT2D eigenvalue weighted by molar-refractivity contribution is 7.18. The van der Waals surface area contributed by atoms with Crippen LogP contribution in [0.15, 0.2) is 30.6 Å². The lowest BCUT2D eigenvalue weighted by Crippen LogP contribution is -2.34. The number of aliphatic carboxylic acids is 1. The molecule has 1 unspecified atom stereocenters. The van der Waals surface area contributed by atoms with Crippen LogP contribution in [0.1, 0.15) is 18.7 Å². The average molecular weight is 342 g/mol. The third-order valence-corrected chi connectivity index (χ3v) is 4.60. The fourth-order valence-electron chi connectivity index (χ4n) is 2.44. The first-order valence-electron chi connectivity index (χ1n) is 7.63. The summed E-state index contributed by atoms with van der Waals surface area (Å²) in [5.74, 6) is 0.109. The Balaban J connectivity index is 2.13. The van der Waals surface area contributed by atoms with E-state index in [9.17, 15) is 9.90 Å². The number of anilines is 1. The maximum atomic E-state index is 11.5. The van der Waals surface area contributed by atoms with Gasteiger partial charge in [-0.2, -0.15) is 0 Å². The van der Waals surface area contributed by atoms with Crippen LogP contribution in [0.25, 0.3) is 21.6 Å². The first kappa shape index (κ1) is 16.3. The van der Waals surface area contributed by atoms with Crippen LogP contribution in [0.2, 0.25) is 0 Å². The number of nitrogens with zero attached hydrogens (tertiary/aromatic N) is 3. The summed E-state index contributed by atoms with van der Waals surface area (Å²) in [6.07, 6.45) is 3.39. The van der Waals surface area contributed by atoms with Crippen molar-refractivity contribution in [1.29, 1.82) is 0 Å². The van der Waals surface area contributed by atoms with Crippen LogP contribution >= 0.6 is 11.3 Å². The SMILES string of the molecule is Cc1cc2c(NC(C(=O)O)C(C)C)nc(-c3cccnc3)nc2s1. The van der Waals surface area contributed by atoms with Gasteiger partial charge in [0.15, 0.2) is 5.82 Å². The molecule has 0 aliphatic rings. The Kier molecular flexibility index (Phi) is 4.44. The Labute approximate surface area is 143 Å². The number of thiophene rings is 1. The molecule has 0 saturated heterocycles. The van der Waals surface area contributed by atoms with Crippen LogP contribution in [0.4, 0.5) is 5.82 Å². The van der Waals surface area contributed by atoms with E-state index in [1.807, 2.05) is 39.0 Å². The van der Waals surface area contributed by atoms with Gasteiger partial charge in [0.25, 0.3) is 0 Å². The van der Waals surface area contributed by atoms with Crippen LogP contribution in [-0.2, 0) is 4.79 Å². The number of carboxylic acids is 1. The molecule has 0 radical (unpaired) electrons. The van der Waals surface area contributed by atoms with Gasteiger partial charge in [-0.15, -0.1) is 11.3 Å². The largest absolute Gasteiger partial charge is 0.480 e. The van der Waals surface area contributed by atoms with E-state index in [1.165, 1.54) is 0 Å². The van der Waals surface area contributed by atoms with Gasteiger partial charge in [-0.1, -0.05) is 13.8 Å². The van der Waals surface area contributed by atoms with Gasteiger partial charge < -0.3 is 10.4 Å². The van der Waals surface area contributed by atoms with Gasteiger partial charge in [-0.25, -0.2) is 14.8 Å². The normalized spacial score (nSPS) is 12.5. The number of carbonyl (C=O) groups is 1. The summed E-state index contributed by atoms with van der Waals surface area (Å²) < 4.78 is 0. The molecule has 0 bridgehead atoms. The van der Waals surface area contributed by atoms with Crippen molar-refractivity contribution in [3.8, 4) is 11.4 Å². The van der Waals surface area contributed by atoms with Gasteiger partial charge >= 0.3 is 5.97 Å². The Morgan fingerprint density at radius 2 is 2.12 bits per heavy atom. The smallest absolute Gasteiger partial charge is 0.326 e. The molecule has 2 N–H and O–H groups in total. The Morgan fingerprint density at radius 3 is 2.75 bits per heavy atom. The average Bonchev–Trinajstić information content (AvgIpc) is 2.92. The summed E-state index contributed by atoms with van der Waals surface area (Å²) in [4.78, 5) is 26.7. The van der Waals surface area contributed by atoms with Crippen molar-refractivity contribution in [2.24, 2.45) is 5.92 Å². The van der Waals surface area contributed by atoms with E-state index < -0.39 is 12.0 Å². The van der Waals surface area contributed by atoms with E-state index >= 15 is 0 Å². The summed E-state index contributed by atoms with van der Waals surface area (Å²) in [5, 5.41) is 13.4. The van der Waals surface area contributed by atoms with E-state index in [2.05, 4.69) is 20.3 Å². The first-order chi connectivity index (χ1) is 11.5. The van der Waals surface area contributed by atoms with Crippen molar-refractivity contribution < 1.29 is 9.90 Å². The van der Waals surface area contributed by atoms with Crippen LogP contribution in [0.5, 0.6) is 0 Å². The molecule has 24 heavy (non-hydrogen) atoms. The highest BCUT2D eigenvalue weighted by atomic mass is 32.1. The van der Waals surface area contributed by atoms with Crippen molar-refractivity contribution in [1.82, 2.24) is 15.0 Å². The molecule has 0 fully saturated rings. The predicted molar refractivity (Wildman–Crippen MR) is 95.3 cm³/mol. The molecule has 3 aromatic rings. The van der Waals surface area contributed by atoms with Crippen molar-refractivity contribution in [3.63, 3.8) is 0 Å². The van der Waals surface area contributed by atoms with Crippen molar-refractivity contribution in [2.75, 3.05) is 5.32 Å². The Hall–Kier alpha value is -2.54. The van der Waals surface area contributed by atoms with Crippen LogP contribution in [0.3, 0.4) is 0 Å². The molecule has 1 atom stereocenters. The molecule has 0 aliphatic heterocycles. The lowest BCUT2D eigenvalue weighted by atomic mass is 10.0. The van der Waals surface area contributed by atoms with Crippen LogP contribution in [-0.4, -0.2) is 32.1 Å². The lowest BCUT2D eigenvalue weighted by Gasteiger charge is -2.19. The fourth-order valence-corrected chi connectivity index (χ4v) is 3.32. The van der Waals surface area contributed by atoms with Crippen LogP contribution in [0, 0.1) is 12.8 Å². The van der Waals surface area contributed by atoms with Gasteiger partial charge in [-0.05, 0) is 31.0 Å². The summed E-state index contributed by atoms with van der Waals surface area (Å²) in [6, 6.07) is 4.97. The Morgan fingerprint density at radius 1 is 1.33 bits per heavy atom. The summed E-state index contributed by atoms with van der Waals surface area (Å²) in [6.45, 7) is 5.73. The molecule has 6 nitrogen and oxygen atoms in total. The number of fused-ring (bicyclic) bond motifs is 1. The van der Waals surface area contributed by atoms with Crippen LogP contribution < -0.4 is 5.32 Å². The highest BCUT2D eigenvalue weighted by Crippen LogP contribution is 2.31. The number of nitrogens with one attached hydrogen (secondary N) is 1. The number of carboxylic acid groups (broad SMARTS) is 1. The molecular weight excluding hydrogens is 324 g/mol. The number of rotatable bonds is 5. The quantitative estimate of drug-likeness (QED) is 0.737. The van der Waals surface area contributed by atoms with Crippen molar-refractivity contribution >= 4 is 33.3 Å². The maximum absolute atomic E-state index is 11.5. The molecule has 0 spiro atoms. The van der Waals surface area contributed by atoms with Gasteiger partial charge in [0.05, 0.1) is 5.39 Å². The van der Waals surface area contributed by atoms with Crippen molar-refractivity contribution in [2.45, 2.75) is 26.8 Å². The molecule has 3 heterocycles. The third-order valence-electron chi connectivity index (χ3n) is 3.66. The molecule has 0 saturated carbocycles. The minimum absolute atomic E-state index is 0.0749. The number of aryl methyl sites for hydroxylation is 1. The third kappa shape index (κ3) is 3.21. The molecule has 0 aliphatic carbocycles. The minimum Gasteiger partial charge on any atom is -0.480 e. The molecule has 124 valence electrons. The van der Waals surface area contributed by atoms with Gasteiger partial charge in [0.1, 0.15) is 16.7 Å². The van der Waals surface area contributed by atoms with E-state index in [-0.39, 0.29) is 5.92 Å². The van der Waals surface area contributed by atoms with E-state index in [4.69, 9.17) is 0 Å². The second-order valence-electron chi connectivity index (χ2n) is 5.92. The monoisotopic (exact) mass is 342 g/mol. The van der Waals surface area contributed by atoms with Gasteiger partial charge in [0, 0.05) is 22.8 Å². The van der Waals surface area contributed by atoms with E-state index in [1.54, 1.807) is 23.7 Å². The second kappa shape index (κ2) is 6.52. The van der Waals surface area contributed by atoms with Gasteiger partial charge in [-0.3, -0.25) is 4.98 Å². The molecule has 7 heteroatoms. The number of hydrogen-bond donors (Lipinski definition) is 2. The maximum Gasteiger partial charge on any atom is 0.326 e. The standard InChI is InChI=1S/C17H18N4O2S/c1-9(2)13(17(22)23)19-15-12-7-10(3)24-16(12)21-14(20-15)11-5-4-6-18-8-11/h4-9,13H,1-3H3,(H,22,23)(H,19,20,21). The summed E-state index contributed by atoms with van der Waals surface area (Å²) >= 11 is 1.56. The number of hydrogen-bond acceptors (Lipinski definition) is 6. The molecule has 3 rings (SSSR count). The number of pyridine rings is 1. The molecular formula is C17H18N4O2S. The molecule has 0 aromatic carbocycles.